The molecule has 1 rings (SSSR count). The Bertz CT molecular complexity index is 230. The number of hydrogen-bond acceptors (Lipinski definition) is 3. The third kappa shape index (κ3) is 4.10. The van der Waals surface area contributed by atoms with Gasteiger partial charge in [0.1, 0.15) is 0 Å². The number of nitrogens with one attached hydrogen (secondary N) is 1. The van der Waals surface area contributed by atoms with Crippen LogP contribution in [0.4, 0.5) is 0 Å². The highest BCUT2D eigenvalue weighted by Crippen LogP contribution is 2.18. The first-order valence-corrected chi connectivity index (χ1v) is 6.23. The van der Waals surface area contributed by atoms with Gasteiger partial charge in [0.25, 0.3) is 0 Å². The molecule has 0 radical (unpaired) electrons. The van der Waals surface area contributed by atoms with Gasteiger partial charge in [-0.05, 0) is 31.3 Å². The molecule has 0 saturated carbocycles. The lowest BCUT2D eigenvalue weighted by molar-refractivity contribution is -0.120. The zero-order valence-corrected chi connectivity index (χ0v) is 10.7. The van der Waals surface area contributed by atoms with Gasteiger partial charge in [-0.2, -0.15) is 0 Å². The van der Waals surface area contributed by atoms with Crippen LogP contribution < -0.4 is 11.1 Å². The quantitative estimate of drug-likeness (QED) is 0.716. The molecule has 0 spiro atoms. The highest BCUT2D eigenvalue weighted by Gasteiger charge is 2.28. The maximum atomic E-state index is 11.1. The number of carbonyl (C=O) groups is 1. The highest BCUT2D eigenvalue weighted by atomic mass is 16.1. The third-order valence-corrected chi connectivity index (χ3v) is 3.17. The molecule has 0 aromatic rings. The molecule has 0 aromatic carbocycles. The monoisotopic (exact) mass is 227 g/mol. The molecule has 1 aliphatic rings. The molecule has 94 valence electrons. The molecule has 4 nitrogen and oxygen atoms in total. The number of carbonyl (C=O) groups excluding carboxylic acids is 1. The van der Waals surface area contributed by atoms with Gasteiger partial charge in [0.05, 0.1) is 6.54 Å². The first-order valence-electron chi connectivity index (χ1n) is 6.23. The summed E-state index contributed by atoms with van der Waals surface area (Å²) >= 11 is 0. The van der Waals surface area contributed by atoms with Crippen LogP contribution in [-0.4, -0.2) is 43.0 Å². The summed E-state index contributed by atoms with van der Waals surface area (Å²) in [5.41, 5.74) is 5.32. The Morgan fingerprint density at radius 1 is 1.56 bits per heavy atom. The Labute approximate surface area is 98.6 Å². The molecule has 0 aromatic heterocycles. The van der Waals surface area contributed by atoms with Gasteiger partial charge in [0.15, 0.2) is 0 Å². The molecule has 2 unspecified atom stereocenters. The minimum absolute atomic E-state index is 0.216. The molecule has 2 atom stereocenters. The average molecular weight is 227 g/mol. The number of nitrogens with zero attached hydrogens (tertiary/aromatic N) is 1. The van der Waals surface area contributed by atoms with Crippen LogP contribution in [0.3, 0.4) is 0 Å². The fraction of sp³-hybridized carbons (Fsp3) is 0.917. The summed E-state index contributed by atoms with van der Waals surface area (Å²) in [6.07, 6.45) is 1.11. The second kappa shape index (κ2) is 6.21. The van der Waals surface area contributed by atoms with Crippen LogP contribution in [0.15, 0.2) is 0 Å². The zero-order valence-electron chi connectivity index (χ0n) is 10.7. The molecule has 1 saturated heterocycles. The molecular formula is C12H25N3O. The van der Waals surface area contributed by atoms with Crippen molar-refractivity contribution in [3.05, 3.63) is 0 Å². The van der Waals surface area contributed by atoms with Gasteiger partial charge >= 0.3 is 0 Å². The summed E-state index contributed by atoms with van der Waals surface area (Å²) in [5, 5.41) is 3.38. The maximum Gasteiger partial charge on any atom is 0.231 e. The number of primary amides is 1. The Morgan fingerprint density at radius 2 is 2.25 bits per heavy atom. The van der Waals surface area contributed by atoms with Crippen LogP contribution in [0.1, 0.15) is 27.2 Å². The van der Waals surface area contributed by atoms with Crippen molar-refractivity contribution in [2.45, 2.75) is 33.2 Å². The zero-order chi connectivity index (χ0) is 12.1. The standard InChI is InChI=1S/C12H25N3O/c1-9(2)7-15(8-12(13)16)11-4-5-14-6-10(11)3/h9-11,14H,4-8H2,1-3H3,(H2,13,16). The normalized spacial score (nSPS) is 26.3. The van der Waals surface area contributed by atoms with Crippen LogP contribution in [0.25, 0.3) is 0 Å². The minimum atomic E-state index is -0.216. The molecule has 1 aliphatic heterocycles. The fourth-order valence-corrected chi connectivity index (χ4v) is 2.53. The van der Waals surface area contributed by atoms with Crippen LogP contribution in [0, 0.1) is 11.8 Å². The van der Waals surface area contributed by atoms with Gasteiger partial charge in [-0.1, -0.05) is 20.8 Å². The van der Waals surface area contributed by atoms with Crippen molar-refractivity contribution in [2.24, 2.45) is 17.6 Å². The molecule has 3 N–H and O–H groups in total. The molecule has 0 bridgehead atoms. The number of rotatable bonds is 5. The summed E-state index contributed by atoms with van der Waals surface area (Å²) in [6, 6.07) is 0.496. The number of hydrogen-bond donors (Lipinski definition) is 2. The Balaban J connectivity index is 2.61. The SMILES string of the molecule is CC(C)CN(CC(N)=O)C1CCNCC1C. The van der Waals surface area contributed by atoms with Gasteiger partial charge in [0.2, 0.25) is 5.91 Å². The van der Waals surface area contributed by atoms with Gasteiger partial charge in [0, 0.05) is 12.6 Å². The van der Waals surface area contributed by atoms with Crippen molar-refractivity contribution in [3.8, 4) is 0 Å². The van der Waals surface area contributed by atoms with Crippen molar-refractivity contribution in [2.75, 3.05) is 26.2 Å². The predicted molar refractivity (Wildman–Crippen MR) is 66.0 cm³/mol. The lowest BCUT2D eigenvalue weighted by Gasteiger charge is -2.39. The van der Waals surface area contributed by atoms with Gasteiger partial charge < -0.3 is 11.1 Å². The fourth-order valence-electron chi connectivity index (χ4n) is 2.53. The van der Waals surface area contributed by atoms with E-state index in [1.807, 2.05) is 0 Å². The first-order chi connectivity index (χ1) is 7.50. The van der Waals surface area contributed by atoms with Crippen LogP contribution in [0.2, 0.25) is 0 Å². The van der Waals surface area contributed by atoms with Crippen molar-refractivity contribution in [3.63, 3.8) is 0 Å². The molecule has 16 heavy (non-hydrogen) atoms. The number of amides is 1. The second-order valence-electron chi connectivity index (χ2n) is 5.33. The maximum absolute atomic E-state index is 11.1. The molecular weight excluding hydrogens is 202 g/mol. The second-order valence-corrected chi connectivity index (χ2v) is 5.33. The summed E-state index contributed by atoms with van der Waals surface area (Å²) in [6.45, 7) is 10.0. The van der Waals surface area contributed by atoms with E-state index in [0.29, 0.717) is 24.4 Å². The van der Waals surface area contributed by atoms with E-state index >= 15 is 0 Å². The Morgan fingerprint density at radius 3 is 2.75 bits per heavy atom. The van der Waals surface area contributed by atoms with Crippen LogP contribution in [-0.2, 0) is 4.79 Å². The Kier molecular flexibility index (Phi) is 5.22. The van der Waals surface area contributed by atoms with E-state index in [1.54, 1.807) is 0 Å². The summed E-state index contributed by atoms with van der Waals surface area (Å²) in [5.74, 6) is 0.944. The lowest BCUT2D eigenvalue weighted by atomic mass is 9.93. The van der Waals surface area contributed by atoms with E-state index < -0.39 is 0 Å². The highest BCUT2D eigenvalue weighted by molar-refractivity contribution is 5.75. The summed E-state index contributed by atoms with van der Waals surface area (Å²) in [7, 11) is 0. The van der Waals surface area contributed by atoms with Gasteiger partial charge in [-0.25, -0.2) is 0 Å². The topological polar surface area (TPSA) is 58.4 Å². The van der Waals surface area contributed by atoms with Crippen LogP contribution in [0.5, 0.6) is 0 Å². The van der Waals surface area contributed by atoms with E-state index in [-0.39, 0.29) is 5.91 Å². The van der Waals surface area contributed by atoms with Crippen molar-refractivity contribution >= 4 is 5.91 Å². The predicted octanol–water partition coefficient (Wildman–Crippen LogP) is 0.428. The average Bonchev–Trinajstić information content (AvgIpc) is 2.15. The third-order valence-electron chi connectivity index (χ3n) is 3.17. The van der Waals surface area contributed by atoms with Crippen molar-refractivity contribution in [1.82, 2.24) is 10.2 Å². The number of nitrogens with two attached hydrogens (primary N) is 1. The molecule has 1 amide bonds. The van der Waals surface area contributed by atoms with Gasteiger partial charge in [-0.3, -0.25) is 9.69 Å². The summed E-state index contributed by atoms with van der Waals surface area (Å²) in [4.78, 5) is 13.4. The largest absolute Gasteiger partial charge is 0.369 e. The van der Waals surface area contributed by atoms with E-state index in [4.69, 9.17) is 5.73 Å². The molecule has 4 heteroatoms. The van der Waals surface area contributed by atoms with Crippen molar-refractivity contribution < 1.29 is 4.79 Å². The smallest absolute Gasteiger partial charge is 0.231 e. The molecule has 1 fully saturated rings. The number of piperidine rings is 1. The minimum Gasteiger partial charge on any atom is -0.369 e. The Hall–Kier alpha value is -0.610. The van der Waals surface area contributed by atoms with E-state index in [1.165, 1.54) is 0 Å². The van der Waals surface area contributed by atoms with Crippen LogP contribution >= 0.6 is 0 Å². The van der Waals surface area contributed by atoms with Gasteiger partial charge in [-0.15, -0.1) is 0 Å². The summed E-state index contributed by atoms with van der Waals surface area (Å²) < 4.78 is 0. The molecule has 1 heterocycles. The lowest BCUT2D eigenvalue weighted by Crippen LogP contribution is -2.51. The first kappa shape index (κ1) is 13.5. The molecule has 0 aliphatic carbocycles. The van der Waals surface area contributed by atoms with E-state index in [9.17, 15) is 4.79 Å². The van der Waals surface area contributed by atoms with E-state index in [2.05, 4.69) is 31.0 Å². The van der Waals surface area contributed by atoms with Crippen molar-refractivity contribution in [1.29, 1.82) is 0 Å². The van der Waals surface area contributed by atoms with E-state index in [0.717, 1.165) is 26.1 Å².